The standard InChI is InChI=1S/C13H16FN/c1-8-3-4-10(5-12(8)14)13-7-15-6-11(13)9(13)2/h3-5,9,11,15H,6-7H2,1-2H3/t9?,11-,13?/m1/s1. The van der Waals surface area contributed by atoms with Crippen LogP contribution in [0.5, 0.6) is 0 Å². The minimum atomic E-state index is -0.0633. The van der Waals surface area contributed by atoms with Crippen molar-refractivity contribution in [3.8, 4) is 0 Å². The Kier molecular flexibility index (Phi) is 1.76. The van der Waals surface area contributed by atoms with Crippen LogP contribution < -0.4 is 5.32 Å². The second kappa shape index (κ2) is 2.82. The summed E-state index contributed by atoms with van der Waals surface area (Å²) < 4.78 is 13.5. The van der Waals surface area contributed by atoms with Crippen LogP contribution in [0.3, 0.4) is 0 Å². The van der Waals surface area contributed by atoms with Crippen molar-refractivity contribution in [2.75, 3.05) is 13.1 Å². The number of benzene rings is 1. The Hall–Kier alpha value is -0.890. The molecule has 0 amide bonds. The van der Waals surface area contributed by atoms with Crippen molar-refractivity contribution >= 4 is 0 Å². The number of hydrogen-bond acceptors (Lipinski definition) is 1. The van der Waals surface area contributed by atoms with Crippen molar-refractivity contribution in [1.82, 2.24) is 5.32 Å². The maximum atomic E-state index is 13.5. The number of piperidine rings is 1. The molecule has 2 fully saturated rings. The van der Waals surface area contributed by atoms with E-state index in [1.807, 2.05) is 13.0 Å². The van der Waals surface area contributed by atoms with Crippen molar-refractivity contribution in [3.05, 3.63) is 35.1 Å². The molecule has 0 aromatic heterocycles. The van der Waals surface area contributed by atoms with E-state index < -0.39 is 0 Å². The summed E-state index contributed by atoms with van der Waals surface area (Å²) in [6, 6.07) is 5.74. The van der Waals surface area contributed by atoms with E-state index in [0.717, 1.165) is 24.6 Å². The zero-order valence-corrected chi connectivity index (χ0v) is 9.18. The number of rotatable bonds is 1. The van der Waals surface area contributed by atoms with E-state index in [1.54, 1.807) is 6.07 Å². The first-order valence-corrected chi connectivity index (χ1v) is 5.63. The first kappa shape index (κ1) is 9.34. The smallest absolute Gasteiger partial charge is 0.126 e. The molecule has 1 N–H and O–H groups in total. The van der Waals surface area contributed by atoms with E-state index in [0.29, 0.717) is 5.92 Å². The topological polar surface area (TPSA) is 12.0 Å². The normalized spacial score (nSPS) is 37.8. The molecule has 1 nitrogen and oxygen atoms in total. The maximum absolute atomic E-state index is 13.5. The fraction of sp³-hybridized carbons (Fsp3) is 0.538. The number of fused-ring (bicyclic) bond motifs is 1. The number of halogens is 1. The molecule has 1 aliphatic heterocycles. The lowest BCUT2D eigenvalue weighted by Gasteiger charge is -2.14. The third-order valence-corrected chi connectivity index (χ3v) is 4.46. The van der Waals surface area contributed by atoms with E-state index in [9.17, 15) is 4.39 Å². The molecule has 1 aromatic carbocycles. The molecule has 2 unspecified atom stereocenters. The van der Waals surface area contributed by atoms with Gasteiger partial charge in [-0.15, -0.1) is 0 Å². The fourth-order valence-corrected chi connectivity index (χ4v) is 3.27. The fourth-order valence-electron chi connectivity index (χ4n) is 3.27. The van der Waals surface area contributed by atoms with Crippen molar-refractivity contribution in [2.24, 2.45) is 11.8 Å². The molecule has 3 atom stereocenters. The molecule has 1 aromatic rings. The molecule has 1 aliphatic carbocycles. The Bertz CT molecular complexity index is 415. The molecule has 0 spiro atoms. The predicted octanol–water partition coefficient (Wildman–Crippen LogP) is 2.24. The van der Waals surface area contributed by atoms with Crippen molar-refractivity contribution in [1.29, 1.82) is 0 Å². The zero-order chi connectivity index (χ0) is 10.6. The van der Waals surface area contributed by atoms with Gasteiger partial charge in [-0.2, -0.15) is 0 Å². The van der Waals surface area contributed by atoms with Crippen LogP contribution in [0.1, 0.15) is 18.1 Å². The first-order valence-electron chi connectivity index (χ1n) is 5.63. The number of aryl methyl sites for hydroxylation is 1. The Balaban J connectivity index is 2.03. The Morgan fingerprint density at radius 1 is 1.47 bits per heavy atom. The first-order chi connectivity index (χ1) is 7.16. The minimum absolute atomic E-state index is 0.0633. The molecule has 0 radical (unpaired) electrons. The van der Waals surface area contributed by atoms with Crippen LogP contribution >= 0.6 is 0 Å². The summed E-state index contributed by atoms with van der Waals surface area (Å²) in [7, 11) is 0. The van der Waals surface area contributed by atoms with Gasteiger partial charge in [0.1, 0.15) is 5.82 Å². The lowest BCUT2D eigenvalue weighted by Crippen LogP contribution is -2.22. The van der Waals surface area contributed by atoms with Gasteiger partial charge in [-0.3, -0.25) is 0 Å². The molecular formula is C13H16FN. The van der Waals surface area contributed by atoms with Gasteiger partial charge < -0.3 is 5.32 Å². The molecule has 1 heterocycles. The molecule has 1 saturated heterocycles. The van der Waals surface area contributed by atoms with E-state index in [2.05, 4.69) is 18.3 Å². The molecule has 15 heavy (non-hydrogen) atoms. The van der Waals surface area contributed by atoms with Gasteiger partial charge in [-0.1, -0.05) is 19.1 Å². The monoisotopic (exact) mass is 205 g/mol. The minimum Gasteiger partial charge on any atom is -0.316 e. The third-order valence-electron chi connectivity index (χ3n) is 4.46. The van der Waals surface area contributed by atoms with Crippen LogP contribution in [0.4, 0.5) is 4.39 Å². The molecule has 2 heteroatoms. The average molecular weight is 205 g/mol. The van der Waals surface area contributed by atoms with Gasteiger partial charge in [-0.05, 0) is 42.5 Å². The van der Waals surface area contributed by atoms with Crippen LogP contribution in [0.15, 0.2) is 18.2 Å². The third kappa shape index (κ3) is 1.06. The Morgan fingerprint density at radius 2 is 2.27 bits per heavy atom. The summed E-state index contributed by atoms with van der Waals surface area (Å²) in [5.74, 6) is 1.37. The highest BCUT2D eigenvalue weighted by molar-refractivity contribution is 5.40. The molecule has 1 saturated carbocycles. The Morgan fingerprint density at radius 3 is 2.87 bits per heavy atom. The molecule has 0 bridgehead atoms. The Labute approximate surface area is 89.7 Å². The van der Waals surface area contributed by atoms with Crippen LogP contribution in [0.2, 0.25) is 0 Å². The van der Waals surface area contributed by atoms with Gasteiger partial charge in [0.2, 0.25) is 0 Å². The van der Waals surface area contributed by atoms with Gasteiger partial charge in [-0.25, -0.2) is 4.39 Å². The van der Waals surface area contributed by atoms with Crippen molar-refractivity contribution < 1.29 is 4.39 Å². The summed E-state index contributed by atoms with van der Waals surface area (Å²) in [4.78, 5) is 0. The summed E-state index contributed by atoms with van der Waals surface area (Å²) in [6.07, 6.45) is 0. The van der Waals surface area contributed by atoms with Crippen LogP contribution in [0.25, 0.3) is 0 Å². The lowest BCUT2D eigenvalue weighted by molar-refractivity contribution is 0.578. The SMILES string of the molecule is Cc1ccc(C23CNC[C@@H]2C3C)cc1F. The van der Waals surface area contributed by atoms with Gasteiger partial charge in [0.15, 0.2) is 0 Å². The number of nitrogens with one attached hydrogen (secondary N) is 1. The van der Waals surface area contributed by atoms with Gasteiger partial charge >= 0.3 is 0 Å². The van der Waals surface area contributed by atoms with Crippen LogP contribution in [-0.2, 0) is 5.41 Å². The second-order valence-corrected chi connectivity index (χ2v) is 5.03. The molecule has 80 valence electrons. The van der Waals surface area contributed by atoms with E-state index in [1.165, 1.54) is 5.56 Å². The number of hydrogen-bond donors (Lipinski definition) is 1. The highest BCUT2D eigenvalue weighted by Crippen LogP contribution is 2.61. The quantitative estimate of drug-likeness (QED) is 0.741. The highest BCUT2D eigenvalue weighted by atomic mass is 19.1. The van der Waals surface area contributed by atoms with Crippen LogP contribution in [0, 0.1) is 24.6 Å². The van der Waals surface area contributed by atoms with E-state index in [-0.39, 0.29) is 11.2 Å². The van der Waals surface area contributed by atoms with Crippen molar-refractivity contribution in [2.45, 2.75) is 19.3 Å². The van der Waals surface area contributed by atoms with E-state index in [4.69, 9.17) is 0 Å². The summed E-state index contributed by atoms with van der Waals surface area (Å²) in [5.41, 5.74) is 2.17. The summed E-state index contributed by atoms with van der Waals surface area (Å²) >= 11 is 0. The van der Waals surface area contributed by atoms with Gasteiger partial charge in [0.25, 0.3) is 0 Å². The average Bonchev–Trinajstić information content (AvgIpc) is 2.64. The molecule has 3 rings (SSSR count). The molecule has 2 aliphatic rings. The van der Waals surface area contributed by atoms with E-state index >= 15 is 0 Å². The van der Waals surface area contributed by atoms with Gasteiger partial charge in [0.05, 0.1) is 0 Å². The highest BCUT2D eigenvalue weighted by Gasteiger charge is 2.64. The maximum Gasteiger partial charge on any atom is 0.126 e. The van der Waals surface area contributed by atoms with Crippen LogP contribution in [-0.4, -0.2) is 13.1 Å². The largest absolute Gasteiger partial charge is 0.316 e. The second-order valence-electron chi connectivity index (χ2n) is 5.03. The zero-order valence-electron chi connectivity index (χ0n) is 9.18. The predicted molar refractivity (Wildman–Crippen MR) is 58.3 cm³/mol. The lowest BCUT2D eigenvalue weighted by atomic mass is 9.92. The summed E-state index contributed by atoms with van der Waals surface area (Å²) in [5, 5.41) is 3.40. The summed E-state index contributed by atoms with van der Waals surface area (Å²) in [6.45, 7) is 6.21. The van der Waals surface area contributed by atoms with Gasteiger partial charge in [0, 0.05) is 12.0 Å². The van der Waals surface area contributed by atoms with Crippen molar-refractivity contribution in [3.63, 3.8) is 0 Å². The molecular weight excluding hydrogens is 189 g/mol.